The Kier molecular flexibility index (Phi) is 3.32. The number of rotatable bonds is 3. The Morgan fingerprint density at radius 3 is 2.65 bits per heavy atom. The second kappa shape index (κ2) is 4.91. The lowest BCUT2D eigenvalue weighted by Crippen LogP contribution is -2.40. The van der Waals surface area contributed by atoms with Crippen molar-refractivity contribution in [1.82, 2.24) is 9.80 Å². The lowest BCUT2D eigenvalue weighted by atomic mass is 10.2. The van der Waals surface area contributed by atoms with E-state index >= 15 is 0 Å². The summed E-state index contributed by atoms with van der Waals surface area (Å²) in [5.41, 5.74) is 0.573. The van der Waals surface area contributed by atoms with Gasteiger partial charge in [-0.1, -0.05) is 18.2 Å². The molecule has 1 aliphatic heterocycles. The van der Waals surface area contributed by atoms with Crippen LogP contribution < -0.4 is 0 Å². The van der Waals surface area contributed by atoms with Gasteiger partial charge in [-0.15, -0.1) is 0 Å². The third kappa shape index (κ3) is 2.41. The zero-order valence-corrected chi connectivity index (χ0v) is 10.0. The first-order valence-corrected chi connectivity index (χ1v) is 5.64. The van der Waals surface area contributed by atoms with Gasteiger partial charge in [0.2, 0.25) is 0 Å². The Hall–Kier alpha value is -1.97. The minimum atomic E-state index is -0.340. The van der Waals surface area contributed by atoms with Crippen molar-refractivity contribution in [3.05, 3.63) is 48.3 Å². The van der Waals surface area contributed by atoms with Crippen molar-refractivity contribution in [3.63, 3.8) is 0 Å². The van der Waals surface area contributed by atoms with E-state index in [-0.39, 0.29) is 12.3 Å². The summed E-state index contributed by atoms with van der Waals surface area (Å²) in [6.07, 6.45) is 3.47. The molecule has 1 unspecified atom stereocenters. The lowest BCUT2D eigenvalue weighted by Gasteiger charge is -2.28. The maximum atomic E-state index is 11.9. The monoisotopic (exact) mass is 232 g/mol. The van der Waals surface area contributed by atoms with Gasteiger partial charge >= 0.3 is 5.97 Å². The second-order valence-corrected chi connectivity index (χ2v) is 3.89. The molecule has 0 bridgehead atoms. The summed E-state index contributed by atoms with van der Waals surface area (Å²) in [5.74, 6) is -0.301. The predicted molar refractivity (Wildman–Crippen MR) is 64.9 cm³/mol. The van der Waals surface area contributed by atoms with E-state index in [0.29, 0.717) is 5.56 Å². The fraction of sp³-hybridized carbons (Fsp3) is 0.308. The molecule has 0 aliphatic carbocycles. The van der Waals surface area contributed by atoms with Crippen LogP contribution in [0.15, 0.2) is 42.7 Å². The molecule has 17 heavy (non-hydrogen) atoms. The lowest BCUT2D eigenvalue weighted by molar-refractivity contribution is -0.0602. The summed E-state index contributed by atoms with van der Waals surface area (Å²) in [6.45, 7) is 2.82. The molecule has 1 heterocycles. The molecule has 0 saturated carbocycles. The molecule has 0 spiro atoms. The molecule has 1 atom stereocenters. The molecule has 0 saturated heterocycles. The van der Waals surface area contributed by atoms with Gasteiger partial charge in [0, 0.05) is 26.0 Å². The fourth-order valence-corrected chi connectivity index (χ4v) is 1.72. The molecule has 1 aromatic carbocycles. The number of nitrogens with zero attached hydrogens (tertiary/aromatic N) is 2. The zero-order chi connectivity index (χ0) is 12.3. The van der Waals surface area contributed by atoms with Crippen LogP contribution in [0.5, 0.6) is 0 Å². The summed E-state index contributed by atoms with van der Waals surface area (Å²) in [7, 11) is 1.88. The molecule has 4 nitrogen and oxygen atoms in total. The first-order valence-electron chi connectivity index (χ1n) is 5.64. The Bertz CT molecular complexity index is 417. The van der Waals surface area contributed by atoms with Crippen LogP contribution in [0.1, 0.15) is 17.3 Å². The van der Waals surface area contributed by atoms with Gasteiger partial charge in [0.1, 0.15) is 0 Å². The van der Waals surface area contributed by atoms with E-state index in [1.165, 1.54) is 0 Å². The summed E-state index contributed by atoms with van der Waals surface area (Å²) >= 11 is 0. The standard InChI is InChI=1S/C13H16N2O2/c1-3-15-10-9-14(2)13(15)17-12(16)11-7-5-4-6-8-11/h4-10,13H,3H2,1-2H3. The van der Waals surface area contributed by atoms with Gasteiger partial charge in [0.25, 0.3) is 6.35 Å². The number of esters is 1. The molecule has 0 amide bonds. The van der Waals surface area contributed by atoms with E-state index in [1.54, 1.807) is 12.1 Å². The van der Waals surface area contributed by atoms with Crippen molar-refractivity contribution >= 4 is 5.97 Å². The minimum absolute atomic E-state index is 0.301. The van der Waals surface area contributed by atoms with Crippen LogP contribution >= 0.6 is 0 Å². The summed E-state index contributed by atoms with van der Waals surface area (Å²) in [6, 6.07) is 9.02. The number of ether oxygens (including phenoxy) is 1. The van der Waals surface area contributed by atoms with Crippen LogP contribution in [0.25, 0.3) is 0 Å². The van der Waals surface area contributed by atoms with Gasteiger partial charge in [-0.2, -0.15) is 0 Å². The molecule has 90 valence electrons. The summed E-state index contributed by atoms with van der Waals surface area (Å²) in [5, 5.41) is 0. The molecule has 0 fully saturated rings. The normalized spacial score (nSPS) is 18.6. The number of carbonyl (C=O) groups is 1. The van der Waals surface area contributed by atoms with Crippen LogP contribution in [0, 0.1) is 0 Å². The highest BCUT2D eigenvalue weighted by atomic mass is 16.6. The third-order valence-electron chi connectivity index (χ3n) is 2.71. The predicted octanol–water partition coefficient (Wildman–Crippen LogP) is 1.87. The quantitative estimate of drug-likeness (QED) is 0.745. The topological polar surface area (TPSA) is 32.8 Å². The van der Waals surface area contributed by atoms with Crippen molar-refractivity contribution in [2.75, 3.05) is 13.6 Å². The van der Waals surface area contributed by atoms with E-state index in [2.05, 4.69) is 0 Å². The number of hydrogen-bond acceptors (Lipinski definition) is 4. The van der Waals surface area contributed by atoms with Gasteiger partial charge in [0.05, 0.1) is 5.56 Å². The third-order valence-corrected chi connectivity index (χ3v) is 2.71. The fourth-order valence-electron chi connectivity index (χ4n) is 1.72. The number of benzene rings is 1. The Balaban J connectivity index is 2.04. The summed E-state index contributed by atoms with van der Waals surface area (Å²) in [4.78, 5) is 15.7. The van der Waals surface area contributed by atoms with Crippen LogP contribution in [-0.2, 0) is 4.74 Å². The Labute approximate surface area is 101 Å². The van der Waals surface area contributed by atoms with Crippen molar-refractivity contribution in [2.45, 2.75) is 13.3 Å². The molecule has 0 radical (unpaired) electrons. The Morgan fingerprint density at radius 2 is 2.00 bits per heavy atom. The maximum absolute atomic E-state index is 11.9. The maximum Gasteiger partial charge on any atom is 0.341 e. The molecular weight excluding hydrogens is 216 g/mol. The highest BCUT2D eigenvalue weighted by Crippen LogP contribution is 2.16. The van der Waals surface area contributed by atoms with Crippen LogP contribution in [-0.4, -0.2) is 35.7 Å². The first kappa shape index (κ1) is 11.5. The molecule has 2 rings (SSSR count). The Morgan fingerprint density at radius 1 is 1.29 bits per heavy atom. The van der Waals surface area contributed by atoms with Crippen LogP contribution in [0.3, 0.4) is 0 Å². The number of carbonyl (C=O) groups excluding carboxylic acids is 1. The van der Waals surface area contributed by atoms with Gasteiger partial charge in [-0.3, -0.25) is 0 Å². The van der Waals surface area contributed by atoms with Gasteiger partial charge < -0.3 is 14.5 Å². The number of hydrogen-bond donors (Lipinski definition) is 0. The average molecular weight is 232 g/mol. The van der Waals surface area contributed by atoms with Gasteiger partial charge in [0.15, 0.2) is 0 Å². The largest absolute Gasteiger partial charge is 0.419 e. The zero-order valence-electron chi connectivity index (χ0n) is 10.0. The first-order chi connectivity index (χ1) is 8.22. The highest BCUT2D eigenvalue weighted by molar-refractivity contribution is 5.89. The van der Waals surface area contributed by atoms with Gasteiger partial charge in [-0.05, 0) is 19.1 Å². The van der Waals surface area contributed by atoms with Crippen molar-refractivity contribution in [1.29, 1.82) is 0 Å². The van der Waals surface area contributed by atoms with Crippen molar-refractivity contribution in [3.8, 4) is 0 Å². The molecule has 4 heteroatoms. The minimum Gasteiger partial charge on any atom is -0.419 e. The van der Waals surface area contributed by atoms with Crippen LogP contribution in [0.4, 0.5) is 0 Å². The summed E-state index contributed by atoms with van der Waals surface area (Å²) < 4.78 is 5.46. The molecule has 0 N–H and O–H groups in total. The molecule has 1 aliphatic rings. The SMILES string of the molecule is CCN1C=CN(C)C1OC(=O)c1ccccc1. The smallest absolute Gasteiger partial charge is 0.341 e. The van der Waals surface area contributed by atoms with E-state index in [1.807, 2.05) is 54.4 Å². The molecular formula is C13H16N2O2. The van der Waals surface area contributed by atoms with E-state index in [4.69, 9.17) is 4.74 Å². The van der Waals surface area contributed by atoms with Crippen molar-refractivity contribution in [2.24, 2.45) is 0 Å². The van der Waals surface area contributed by atoms with E-state index in [9.17, 15) is 4.79 Å². The average Bonchev–Trinajstić information content (AvgIpc) is 2.71. The van der Waals surface area contributed by atoms with Crippen LogP contribution in [0.2, 0.25) is 0 Å². The molecule has 0 aromatic heterocycles. The highest BCUT2D eigenvalue weighted by Gasteiger charge is 2.26. The van der Waals surface area contributed by atoms with Gasteiger partial charge in [-0.25, -0.2) is 4.79 Å². The molecule has 1 aromatic rings. The van der Waals surface area contributed by atoms with Crippen molar-refractivity contribution < 1.29 is 9.53 Å². The van der Waals surface area contributed by atoms with E-state index in [0.717, 1.165) is 6.54 Å². The van der Waals surface area contributed by atoms with E-state index < -0.39 is 0 Å². The second-order valence-electron chi connectivity index (χ2n) is 3.89.